The highest BCUT2D eigenvalue weighted by Gasteiger charge is 2.40. The summed E-state index contributed by atoms with van der Waals surface area (Å²) in [6.45, 7) is -0.0309. The Morgan fingerprint density at radius 1 is 1.05 bits per heavy atom. The molecule has 0 aliphatic heterocycles. The zero-order chi connectivity index (χ0) is 28.1. The maximum absolute atomic E-state index is 13.4. The molecule has 0 aromatic heterocycles. The Balaban J connectivity index is 1.86. The molecule has 0 heterocycles. The van der Waals surface area contributed by atoms with Crippen LogP contribution in [0, 0.1) is 0 Å². The molecule has 1 atom stereocenters. The minimum absolute atomic E-state index is 0.0519. The first-order chi connectivity index (χ1) is 17.8. The fraction of sp³-hybridized carbons (Fsp3) is 0.481. The van der Waals surface area contributed by atoms with Crippen LogP contribution in [0.2, 0.25) is 0 Å². The van der Waals surface area contributed by atoms with E-state index < -0.39 is 34.9 Å². The molecule has 11 heteroatoms. The van der Waals surface area contributed by atoms with Gasteiger partial charge in [-0.3, -0.25) is 9.69 Å². The molecular weight excluding hydrogens is 514 g/mol. The quantitative estimate of drug-likeness (QED) is 0.255. The summed E-state index contributed by atoms with van der Waals surface area (Å²) in [6.07, 6.45) is -7.14. The smallest absolute Gasteiger partial charge is 0.416 e. The van der Waals surface area contributed by atoms with Crippen molar-refractivity contribution in [1.82, 2.24) is 10.2 Å². The number of nitrogens with one attached hydrogen (secondary N) is 1. The number of carbonyl (C=O) groups is 2. The van der Waals surface area contributed by atoms with Crippen LogP contribution in [-0.4, -0.2) is 50.4 Å². The number of likely N-dealkylation sites (N-methyl/N-ethyl adjacent to an activating group) is 1. The number of carbonyl (C=O) groups excluding carboxylic acids is 2. The van der Waals surface area contributed by atoms with Gasteiger partial charge in [0.1, 0.15) is 6.29 Å². The van der Waals surface area contributed by atoms with E-state index >= 15 is 0 Å². The number of nitrogens with zero attached hydrogens (tertiary/aromatic N) is 1. The maximum Gasteiger partial charge on any atom is 0.416 e. The van der Waals surface area contributed by atoms with Crippen LogP contribution in [0.3, 0.4) is 0 Å². The van der Waals surface area contributed by atoms with Crippen molar-refractivity contribution in [3.63, 3.8) is 0 Å². The van der Waals surface area contributed by atoms with E-state index in [0.29, 0.717) is 44.1 Å². The SMILES string of the molecule is COC(=O)CN(C)C1CCC(NCC(C=O)c2cc(C(F)(F)F)cc(C(F)(F)F)c2)(c2ccccc2)CC1. The number of rotatable bonds is 9. The zero-order valence-electron chi connectivity index (χ0n) is 21.0. The molecule has 208 valence electrons. The predicted octanol–water partition coefficient (Wildman–Crippen LogP) is 5.54. The van der Waals surface area contributed by atoms with Gasteiger partial charge in [0, 0.05) is 18.1 Å². The summed E-state index contributed by atoms with van der Waals surface area (Å²) in [6, 6.07) is 10.6. The van der Waals surface area contributed by atoms with Gasteiger partial charge in [-0.15, -0.1) is 0 Å². The first-order valence-corrected chi connectivity index (χ1v) is 12.1. The monoisotopic (exact) mass is 544 g/mol. The van der Waals surface area contributed by atoms with Crippen LogP contribution in [0.4, 0.5) is 26.3 Å². The summed E-state index contributed by atoms with van der Waals surface area (Å²) in [7, 11) is 3.13. The van der Waals surface area contributed by atoms with Gasteiger partial charge in [-0.05, 0) is 62.1 Å². The zero-order valence-corrected chi connectivity index (χ0v) is 21.0. The Hall–Kier alpha value is -2.92. The van der Waals surface area contributed by atoms with Crippen LogP contribution >= 0.6 is 0 Å². The lowest BCUT2D eigenvalue weighted by atomic mass is 9.74. The van der Waals surface area contributed by atoms with E-state index in [-0.39, 0.29) is 36.7 Å². The Morgan fingerprint density at radius 2 is 1.61 bits per heavy atom. The van der Waals surface area contributed by atoms with E-state index in [1.165, 1.54) is 7.11 Å². The molecule has 2 aromatic rings. The average Bonchev–Trinajstić information content (AvgIpc) is 2.88. The van der Waals surface area contributed by atoms with Crippen molar-refractivity contribution in [2.45, 2.75) is 55.5 Å². The van der Waals surface area contributed by atoms with Gasteiger partial charge < -0.3 is 14.8 Å². The average molecular weight is 545 g/mol. The van der Waals surface area contributed by atoms with Crippen molar-refractivity contribution in [3.8, 4) is 0 Å². The molecule has 3 rings (SSSR count). The van der Waals surface area contributed by atoms with Gasteiger partial charge in [-0.2, -0.15) is 26.3 Å². The van der Waals surface area contributed by atoms with Crippen molar-refractivity contribution >= 4 is 12.3 Å². The summed E-state index contributed by atoms with van der Waals surface area (Å²) in [5.41, 5.74) is -3.02. The number of alkyl halides is 6. The first kappa shape index (κ1) is 29.6. The van der Waals surface area contributed by atoms with Crippen LogP contribution in [0.1, 0.15) is 53.9 Å². The van der Waals surface area contributed by atoms with E-state index in [1.807, 2.05) is 42.3 Å². The maximum atomic E-state index is 13.4. The summed E-state index contributed by atoms with van der Waals surface area (Å²) in [4.78, 5) is 25.5. The van der Waals surface area contributed by atoms with Crippen molar-refractivity contribution in [3.05, 3.63) is 70.8 Å². The van der Waals surface area contributed by atoms with Crippen LogP contribution in [-0.2, 0) is 32.2 Å². The molecule has 0 bridgehead atoms. The van der Waals surface area contributed by atoms with Gasteiger partial charge in [0.05, 0.1) is 30.7 Å². The van der Waals surface area contributed by atoms with E-state index in [4.69, 9.17) is 4.74 Å². The Kier molecular flexibility index (Phi) is 9.25. The van der Waals surface area contributed by atoms with Gasteiger partial charge in [0.2, 0.25) is 0 Å². The third kappa shape index (κ3) is 7.13. The van der Waals surface area contributed by atoms with Crippen molar-refractivity contribution in [1.29, 1.82) is 0 Å². The van der Waals surface area contributed by atoms with Crippen LogP contribution in [0.15, 0.2) is 48.5 Å². The topological polar surface area (TPSA) is 58.6 Å². The van der Waals surface area contributed by atoms with Gasteiger partial charge in [0.15, 0.2) is 0 Å². The lowest BCUT2D eigenvalue weighted by Gasteiger charge is -2.44. The fourth-order valence-electron chi connectivity index (χ4n) is 5.00. The number of methoxy groups -OCH3 is 1. The number of aldehydes is 1. The molecule has 1 fully saturated rings. The van der Waals surface area contributed by atoms with E-state index in [2.05, 4.69) is 5.32 Å². The number of ether oxygens (including phenoxy) is 1. The molecule has 38 heavy (non-hydrogen) atoms. The van der Waals surface area contributed by atoms with Crippen molar-refractivity contribution < 1.29 is 40.7 Å². The second-order valence-corrected chi connectivity index (χ2v) is 9.63. The Bertz CT molecular complexity index is 1060. The standard InChI is InChI=1S/C27H30F6N2O3/c1-35(16-24(37)38-2)23-8-10-25(11-9-23,20-6-4-3-5-7-20)34-15-19(17-36)18-12-21(26(28,29)30)14-22(13-18)27(31,32)33/h3-7,12-14,17,19,23,34H,8-11,15-16H2,1-2H3. The highest BCUT2D eigenvalue weighted by atomic mass is 19.4. The Morgan fingerprint density at radius 3 is 2.08 bits per heavy atom. The van der Waals surface area contributed by atoms with Crippen LogP contribution in [0.5, 0.6) is 0 Å². The molecule has 2 aromatic carbocycles. The molecule has 0 spiro atoms. The largest absolute Gasteiger partial charge is 0.468 e. The number of benzene rings is 2. The fourth-order valence-corrected chi connectivity index (χ4v) is 5.00. The molecule has 0 saturated heterocycles. The molecule has 1 saturated carbocycles. The summed E-state index contributed by atoms with van der Waals surface area (Å²) in [5, 5.41) is 3.32. The number of hydrogen-bond donors (Lipinski definition) is 1. The third-order valence-electron chi connectivity index (χ3n) is 7.23. The van der Waals surface area contributed by atoms with Gasteiger partial charge in [-0.25, -0.2) is 0 Å². The second kappa shape index (κ2) is 11.9. The lowest BCUT2D eigenvalue weighted by Crippen LogP contribution is -2.50. The molecule has 1 unspecified atom stereocenters. The third-order valence-corrected chi connectivity index (χ3v) is 7.23. The van der Waals surface area contributed by atoms with Gasteiger partial charge in [0.25, 0.3) is 0 Å². The number of esters is 1. The molecule has 0 radical (unpaired) electrons. The van der Waals surface area contributed by atoms with E-state index in [1.54, 1.807) is 0 Å². The summed E-state index contributed by atoms with van der Waals surface area (Å²) < 4.78 is 84.9. The molecule has 1 aliphatic rings. The summed E-state index contributed by atoms with van der Waals surface area (Å²) in [5.74, 6) is -1.60. The first-order valence-electron chi connectivity index (χ1n) is 12.1. The van der Waals surface area contributed by atoms with Crippen LogP contribution < -0.4 is 5.32 Å². The molecular formula is C27H30F6N2O3. The van der Waals surface area contributed by atoms with Gasteiger partial charge in [-0.1, -0.05) is 30.3 Å². The highest BCUT2D eigenvalue weighted by Crippen LogP contribution is 2.40. The predicted molar refractivity (Wildman–Crippen MR) is 128 cm³/mol. The van der Waals surface area contributed by atoms with E-state index in [9.17, 15) is 35.9 Å². The van der Waals surface area contributed by atoms with Crippen molar-refractivity contribution in [2.75, 3.05) is 27.2 Å². The van der Waals surface area contributed by atoms with Crippen molar-refractivity contribution in [2.24, 2.45) is 0 Å². The molecule has 5 nitrogen and oxygen atoms in total. The Labute approximate surface area is 217 Å². The van der Waals surface area contributed by atoms with E-state index in [0.717, 1.165) is 5.56 Å². The summed E-state index contributed by atoms with van der Waals surface area (Å²) >= 11 is 0. The second-order valence-electron chi connectivity index (χ2n) is 9.63. The minimum atomic E-state index is -5.00. The van der Waals surface area contributed by atoms with Crippen LogP contribution in [0.25, 0.3) is 0 Å². The number of hydrogen-bond acceptors (Lipinski definition) is 5. The minimum Gasteiger partial charge on any atom is -0.468 e. The molecule has 0 amide bonds. The molecule has 1 N–H and O–H groups in total. The van der Waals surface area contributed by atoms with Gasteiger partial charge >= 0.3 is 18.3 Å². The number of halogens is 6. The molecule has 1 aliphatic carbocycles. The lowest BCUT2D eigenvalue weighted by molar-refractivity contribution is -0.144. The highest BCUT2D eigenvalue weighted by molar-refractivity contribution is 5.71. The normalized spacial score (nSPS) is 21.2.